The Morgan fingerprint density at radius 3 is 2.59 bits per heavy atom. The lowest BCUT2D eigenvalue weighted by Gasteiger charge is -2.10. The van der Waals surface area contributed by atoms with E-state index in [9.17, 15) is 4.79 Å². The third-order valence-corrected chi connectivity index (χ3v) is 2.93. The van der Waals surface area contributed by atoms with Crippen molar-refractivity contribution in [1.82, 2.24) is 5.32 Å². The molecule has 1 rings (SSSR count). The molecule has 0 bridgehead atoms. The Labute approximate surface area is 102 Å². The van der Waals surface area contributed by atoms with E-state index in [-0.39, 0.29) is 6.61 Å². The molecule has 0 spiro atoms. The van der Waals surface area contributed by atoms with Gasteiger partial charge in [-0.1, -0.05) is 12.8 Å². The molecule has 0 heterocycles. The molecule has 0 atom stereocenters. The summed E-state index contributed by atoms with van der Waals surface area (Å²) in [7, 11) is 0. The summed E-state index contributed by atoms with van der Waals surface area (Å²) in [5, 5.41) is 11.7. The highest BCUT2D eigenvalue weighted by Gasteiger charge is 2.13. The van der Waals surface area contributed by atoms with Gasteiger partial charge in [-0.05, 0) is 25.3 Å². The molecule has 0 aromatic carbocycles. The molecule has 0 radical (unpaired) electrons. The average molecular weight is 245 g/mol. The molecule has 5 nitrogen and oxygen atoms in total. The molecule has 5 heteroatoms. The molecule has 0 aromatic heterocycles. The van der Waals surface area contributed by atoms with Crippen molar-refractivity contribution in [2.24, 2.45) is 5.92 Å². The van der Waals surface area contributed by atoms with Gasteiger partial charge in [-0.15, -0.1) is 0 Å². The Balaban J connectivity index is 1.73. The summed E-state index contributed by atoms with van der Waals surface area (Å²) < 4.78 is 10.1. The fourth-order valence-corrected chi connectivity index (χ4v) is 2.04. The van der Waals surface area contributed by atoms with Gasteiger partial charge >= 0.3 is 5.97 Å². The van der Waals surface area contributed by atoms with E-state index in [1.165, 1.54) is 25.7 Å². The summed E-state index contributed by atoms with van der Waals surface area (Å²) in [5.74, 6) is -0.0860. The number of nitrogens with one attached hydrogen (secondary N) is 1. The molecule has 0 aromatic rings. The number of carboxylic acids is 1. The first-order valence-corrected chi connectivity index (χ1v) is 6.37. The van der Waals surface area contributed by atoms with Crippen LogP contribution >= 0.6 is 0 Å². The van der Waals surface area contributed by atoms with Gasteiger partial charge < -0.3 is 19.9 Å². The zero-order valence-electron chi connectivity index (χ0n) is 10.3. The summed E-state index contributed by atoms with van der Waals surface area (Å²) in [6, 6.07) is 0. The van der Waals surface area contributed by atoms with Crippen LogP contribution in [0.15, 0.2) is 0 Å². The summed E-state index contributed by atoms with van der Waals surface area (Å²) in [6.45, 7) is 3.16. The van der Waals surface area contributed by atoms with Crippen LogP contribution in [0, 0.1) is 5.92 Å². The van der Waals surface area contributed by atoms with Gasteiger partial charge in [-0.3, -0.25) is 0 Å². The number of aliphatic carboxylic acids is 1. The van der Waals surface area contributed by atoms with Gasteiger partial charge in [0.15, 0.2) is 0 Å². The molecule has 2 N–H and O–H groups in total. The third-order valence-electron chi connectivity index (χ3n) is 2.93. The summed E-state index contributed by atoms with van der Waals surface area (Å²) in [5.41, 5.74) is 0. The molecule has 0 aliphatic heterocycles. The van der Waals surface area contributed by atoms with Crippen LogP contribution < -0.4 is 5.32 Å². The van der Waals surface area contributed by atoms with Crippen LogP contribution in [-0.2, 0) is 14.3 Å². The minimum atomic E-state index is -0.941. The van der Waals surface area contributed by atoms with Crippen LogP contribution in [0.3, 0.4) is 0 Å². The Kier molecular flexibility index (Phi) is 7.96. The third kappa shape index (κ3) is 8.12. The fourth-order valence-electron chi connectivity index (χ4n) is 2.04. The van der Waals surface area contributed by atoms with E-state index in [2.05, 4.69) is 5.32 Å². The second-order valence-electron chi connectivity index (χ2n) is 4.41. The van der Waals surface area contributed by atoms with Gasteiger partial charge in [-0.2, -0.15) is 0 Å². The van der Waals surface area contributed by atoms with Crippen molar-refractivity contribution >= 4 is 5.97 Å². The monoisotopic (exact) mass is 245 g/mol. The van der Waals surface area contributed by atoms with Crippen LogP contribution in [0.5, 0.6) is 0 Å². The Bertz CT molecular complexity index is 205. The maximum Gasteiger partial charge on any atom is 0.329 e. The second kappa shape index (κ2) is 9.39. The fraction of sp³-hybridized carbons (Fsp3) is 0.917. The number of carboxylic acid groups (broad SMARTS) is 1. The predicted octanol–water partition coefficient (Wildman–Crippen LogP) is 0.884. The molecule has 0 amide bonds. The van der Waals surface area contributed by atoms with Gasteiger partial charge in [0.25, 0.3) is 0 Å². The van der Waals surface area contributed by atoms with Gasteiger partial charge in [-0.25, -0.2) is 4.79 Å². The lowest BCUT2D eigenvalue weighted by Crippen LogP contribution is -2.25. The van der Waals surface area contributed by atoms with E-state index >= 15 is 0 Å². The van der Waals surface area contributed by atoms with E-state index in [1.54, 1.807) is 0 Å². The smallest absolute Gasteiger partial charge is 0.329 e. The summed E-state index contributed by atoms with van der Waals surface area (Å²) in [4.78, 5) is 10.1. The van der Waals surface area contributed by atoms with Gasteiger partial charge in [0.2, 0.25) is 0 Å². The molecule has 0 saturated heterocycles. The van der Waals surface area contributed by atoms with E-state index in [1.807, 2.05) is 0 Å². The molecular formula is C12H23NO4. The van der Waals surface area contributed by atoms with Crippen LogP contribution in [0.2, 0.25) is 0 Å². The maximum absolute atomic E-state index is 10.1. The van der Waals surface area contributed by atoms with E-state index in [0.717, 1.165) is 19.0 Å². The molecule has 17 heavy (non-hydrogen) atoms. The second-order valence-corrected chi connectivity index (χ2v) is 4.41. The number of carbonyl (C=O) groups is 1. The van der Waals surface area contributed by atoms with Crippen molar-refractivity contribution in [1.29, 1.82) is 0 Å². The summed E-state index contributed by atoms with van der Waals surface area (Å²) >= 11 is 0. The quantitative estimate of drug-likeness (QED) is 0.559. The molecule has 100 valence electrons. The molecule has 1 saturated carbocycles. The van der Waals surface area contributed by atoms with Crippen molar-refractivity contribution in [3.05, 3.63) is 0 Å². The van der Waals surface area contributed by atoms with Gasteiger partial charge in [0, 0.05) is 6.54 Å². The van der Waals surface area contributed by atoms with Crippen molar-refractivity contribution in [2.45, 2.75) is 25.7 Å². The van der Waals surface area contributed by atoms with Crippen LogP contribution in [0.25, 0.3) is 0 Å². The van der Waals surface area contributed by atoms with Crippen LogP contribution in [0.1, 0.15) is 25.7 Å². The first kappa shape index (κ1) is 14.4. The number of ether oxygens (including phenoxy) is 2. The molecule has 0 unspecified atom stereocenters. The highest BCUT2D eigenvalue weighted by Crippen LogP contribution is 2.23. The Morgan fingerprint density at radius 2 is 1.88 bits per heavy atom. The lowest BCUT2D eigenvalue weighted by atomic mass is 10.1. The Morgan fingerprint density at radius 1 is 1.18 bits per heavy atom. The highest BCUT2D eigenvalue weighted by atomic mass is 16.5. The van der Waals surface area contributed by atoms with E-state index in [4.69, 9.17) is 14.6 Å². The zero-order valence-corrected chi connectivity index (χ0v) is 10.3. The zero-order chi connectivity index (χ0) is 12.3. The standard InChI is InChI=1S/C12H23NO4/c14-12(15)10-17-8-7-16-6-5-13-9-11-3-1-2-4-11/h11,13H,1-10H2,(H,14,15). The first-order valence-electron chi connectivity index (χ1n) is 6.37. The number of rotatable bonds is 10. The number of hydrogen-bond donors (Lipinski definition) is 2. The topological polar surface area (TPSA) is 67.8 Å². The minimum Gasteiger partial charge on any atom is -0.480 e. The minimum absolute atomic E-state index is 0.247. The average Bonchev–Trinajstić information content (AvgIpc) is 2.79. The van der Waals surface area contributed by atoms with E-state index < -0.39 is 5.97 Å². The maximum atomic E-state index is 10.1. The SMILES string of the molecule is O=C(O)COCCOCCNCC1CCCC1. The van der Waals surface area contributed by atoms with Crippen LogP contribution in [-0.4, -0.2) is 50.6 Å². The lowest BCUT2D eigenvalue weighted by molar-refractivity contribution is -0.142. The molecular weight excluding hydrogens is 222 g/mol. The first-order chi connectivity index (χ1) is 8.29. The van der Waals surface area contributed by atoms with Crippen LogP contribution in [0.4, 0.5) is 0 Å². The van der Waals surface area contributed by atoms with Crippen molar-refractivity contribution in [3.63, 3.8) is 0 Å². The number of hydrogen-bond acceptors (Lipinski definition) is 4. The molecule has 1 aliphatic rings. The van der Waals surface area contributed by atoms with Gasteiger partial charge in [0.1, 0.15) is 6.61 Å². The Hall–Kier alpha value is -0.650. The predicted molar refractivity (Wildman–Crippen MR) is 64.1 cm³/mol. The van der Waals surface area contributed by atoms with Crippen molar-refractivity contribution in [2.75, 3.05) is 39.5 Å². The highest BCUT2D eigenvalue weighted by molar-refractivity contribution is 5.67. The van der Waals surface area contributed by atoms with Crippen molar-refractivity contribution in [3.8, 4) is 0 Å². The molecule has 1 aliphatic carbocycles. The largest absolute Gasteiger partial charge is 0.480 e. The van der Waals surface area contributed by atoms with E-state index in [0.29, 0.717) is 19.8 Å². The van der Waals surface area contributed by atoms with Crippen molar-refractivity contribution < 1.29 is 19.4 Å². The molecule has 1 fully saturated rings. The summed E-state index contributed by atoms with van der Waals surface area (Å²) in [6.07, 6.45) is 5.47. The normalized spacial score (nSPS) is 16.5. The van der Waals surface area contributed by atoms with Gasteiger partial charge in [0.05, 0.1) is 19.8 Å².